The predicted molar refractivity (Wildman–Crippen MR) is 157 cm³/mol. The molecule has 5 nitrogen and oxygen atoms in total. The van der Waals surface area contributed by atoms with Gasteiger partial charge in [0.15, 0.2) is 18.0 Å². The standard InChI is InChI=1S/C34H36N3O2.Pt/c1-33(2,3)24-14-15-30-31(18-24)37(22-36(30,7)23-37)26-10-8-11-27(20-26)38-28-12-9-13-29(21-28)39-32-19-25(16-17-35-32)34(4,5)6;/h8-19,22H,23H2,1-7H3;/q-1;/t36-,37+;/m0./s1. The number of rotatable bonds is 5. The molecule has 4 aromatic rings. The normalized spacial score (nSPS) is 21.2. The van der Waals surface area contributed by atoms with Crippen LogP contribution in [0.25, 0.3) is 0 Å². The molecular weight excluding hydrogens is 677 g/mol. The molecule has 1 fully saturated rings. The van der Waals surface area contributed by atoms with Gasteiger partial charge in [0.25, 0.3) is 0 Å². The summed E-state index contributed by atoms with van der Waals surface area (Å²) in [6.45, 7) is 16.6. The molecule has 2 atom stereocenters. The molecule has 0 unspecified atom stereocenters. The Bertz CT molecular complexity index is 1560. The van der Waals surface area contributed by atoms with Gasteiger partial charge in [-0.25, -0.2) is 4.98 Å². The van der Waals surface area contributed by atoms with Crippen LogP contribution in [-0.4, -0.2) is 18.7 Å². The molecule has 3 aromatic carbocycles. The Hall–Kier alpha value is -2.98. The van der Waals surface area contributed by atoms with E-state index in [1.807, 2.05) is 42.5 Å². The second-order valence-corrected chi connectivity index (χ2v) is 13.0. The fourth-order valence-electron chi connectivity index (χ4n) is 5.60. The summed E-state index contributed by atoms with van der Waals surface area (Å²) >= 11 is 0. The minimum absolute atomic E-state index is 0. The summed E-state index contributed by atoms with van der Waals surface area (Å²) in [5, 5.41) is 0. The molecule has 3 aliphatic rings. The number of aromatic nitrogens is 1. The van der Waals surface area contributed by atoms with E-state index in [2.05, 4.69) is 96.6 Å². The molecule has 2 bridgehead atoms. The van der Waals surface area contributed by atoms with E-state index in [1.165, 1.54) is 16.9 Å². The minimum Gasteiger partial charge on any atom is -0.509 e. The van der Waals surface area contributed by atoms with Gasteiger partial charge in [0, 0.05) is 68.4 Å². The smallest absolute Gasteiger partial charge is 0.216 e. The molecule has 210 valence electrons. The monoisotopic (exact) mass is 713 g/mol. The van der Waals surface area contributed by atoms with Gasteiger partial charge in [-0.05, 0) is 28.0 Å². The summed E-state index contributed by atoms with van der Waals surface area (Å²) in [4.78, 5) is 4.38. The zero-order valence-corrected chi connectivity index (χ0v) is 26.5. The summed E-state index contributed by atoms with van der Waals surface area (Å²) in [6.07, 6.45) is 1.78. The summed E-state index contributed by atoms with van der Waals surface area (Å²) in [7, 11) is 2.27. The van der Waals surface area contributed by atoms with Gasteiger partial charge >= 0.3 is 0 Å². The van der Waals surface area contributed by atoms with Crippen molar-refractivity contribution in [3.8, 4) is 23.1 Å². The minimum atomic E-state index is 0. The molecular formula is C34H36N3O2Pt-. The van der Waals surface area contributed by atoms with Crippen molar-refractivity contribution in [1.29, 1.82) is 0 Å². The molecule has 0 saturated carbocycles. The van der Waals surface area contributed by atoms with Crippen molar-refractivity contribution in [1.82, 2.24) is 14.0 Å². The largest absolute Gasteiger partial charge is 0.509 e. The number of benzene rings is 3. The van der Waals surface area contributed by atoms with Crippen LogP contribution in [0.15, 0.2) is 72.9 Å². The second-order valence-electron chi connectivity index (χ2n) is 13.0. The van der Waals surface area contributed by atoms with Gasteiger partial charge in [0.1, 0.15) is 0 Å². The number of hydrogen-bond acceptors (Lipinski definition) is 3. The van der Waals surface area contributed by atoms with Gasteiger partial charge in [0.05, 0.1) is 13.7 Å². The Morgan fingerprint density at radius 3 is 2.02 bits per heavy atom. The molecule has 7 rings (SSSR count). The Kier molecular flexibility index (Phi) is 7.02. The summed E-state index contributed by atoms with van der Waals surface area (Å²) in [5.41, 5.74) is 6.35. The van der Waals surface area contributed by atoms with E-state index >= 15 is 0 Å². The molecule has 0 N–H and O–H groups in total. The van der Waals surface area contributed by atoms with Crippen molar-refractivity contribution >= 4 is 17.1 Å². The molecule has 1 saturated heterocycles. The van der Waals surface area contributed by atoms with Crippen molar-refractivity contribution in [3.05, 3.63) is 103 Å². The molecule has 0 amide bonds. The van der Waals surface area contributed by atoms with Crippen LogP contribution in [0.3, 0.4) is 0 Å². The SMILES string of the molecule is CC(C)(C)c1ccnc(Oc2[c-]c(Oc3[c-]c([N@@+]45[CH-][N@@+](C)(C4)c4ccc(C(C)(C)C)cc45)ccc3)ccc2)c1.[Pt]. The topological polar surface area (TPSA) is 31.4 Å². The van der Waals surface area contributed by atoms with Crippen LogP contribution < -0.4 is 18.4 Å². The molecule has 0 radical (unpaired) electrons. The molecule has 4 heterocycles. The van der Waals surface area contributed by atoms with Crippen LogP contribution in [0.5, 0.6) is 23.1 Å². The average Bonchev–Trinajstić information content (AvgIpc) is 3.26. The Morgan fingerprint density at radius 2 is 1.35 bits per heavy atom. The van der Waals surface area contributed by atoms with E-state index in [9.17, 15) is 0 Å². The zero-order valence-electron chi connectivity index (χ0n) is 24.2. The zero-order chi connectivity index (χ0) is 27.6. The average molecular weight is 714 g/mol. The van der Waals surface area contributed by atoms with Gasteiger partial charge < -0.3 is 18.4 Å². The fraction of sp³-hybridized carbons (Fsp3) is 0.294. The van der Waals surface area contributed by atoms with E-state index in [0.717, 1.165) is 22.4 Å². The van der Waals surface area contributed by atoms with Gasteiger partial charge in [-0.2, -0.15) is 12.1 Å². The van der Waals surface area contributed by atoms with E-state index in [1.54, 1.807) is 6.20 Å². The number of nitrogens with zero attached hydrogens (tertiary/aromatic N) is 3. The van der Waals surface area contributed by atoms with Crippen molar-refractivity contribution in [2.75, 3.05) is 13.7 Å². The fourth-order valence-corrected chi connectivity index (χ4v) is 5.60. The van der Waals surface area contributed by atoms with Crippen LogP contribution in [0.2, 0.25) is 0 Å². The van der Waals surface area contributed by atoms with Crippen molar-refractivity contribution < 1.29 is 30.5 Å². The molecule has 40 heavy (non-hydrogen) atoms. The number of pyridine rings is 1. The molecule has 6 heteroatoms. The van der Waals surface area contributed by atoms with Crippen LogP contribution in [-0.2, 0) is 31.9 Å². The van der Waals surface area contributed by atoms with Gasteiger partial charge in [0.2, 0.25) is 5.88 Å². The van der Waals surface area contributed by atoms with E-state index < -0.39 is 0 Å². The summed E-state index contributed by atoms with van der Waals surface area (Å²) < 4.78 is 13.8. The number of hydrogen-bond donors (Lipinski definition) is 0. The van der Waals surface area contributed by atoms with E-state index in [0.29, 0.717) is 27.6 Å². The summed E-state index contributed by atoms with van der Waals surface area (Å²) in [5.74, 6) is 2.31. The first-order valence-corrected chi connectivity index (χ1v) is 13.5. The van der Waals surface area contributed by atoms with Crippen LogP contribution >= 0.6 is 0 Å². The maximum Gasteiger partial charge on any atom is 0.216 e. The Morgan fingerprint density at radius 1 is 0.750 bits per heavy atom. The van der Waals surface area contributed by atoms with Gasteiger partial charge in [-0.15, -0.1) is 24.3 Å². The first-order valence-electron chi connectivity index (χ1n) is 13.5. The third-order valence-corrected chi connectivity index (χ3v) is 7.75. The first kappa shape index (κ1) is 28.5. The van der Waals surface area contributed by atoms with Crippen molar-refractivity contribution in [2.45, 2.75) is 52.4 Å². The van der Waals surface area contributed by atoms with Crippen LogP contribution in [0.1, 0.15) is 52.7 Å². The molecule has 1 aromatic heterocycles. The van der Waals surface area contributed by atoms with Crippen molar-refractivity contribution in [3.63, 3.8) is 0 Å². The third kappa shape index (κ3) is 5.00. The van der Waals surface area contributed by atoms with E-state index in [-0.39, 0.29) is 31.9 Å². The maximum absolute atomic E-state index is 6.25. The Balaban J connectivity index is 0.00000323. The quantitative estimate of drug-likeness (QED) is 0.154. The predicted octanol–water partition coefficient (Wildman–Crippen LogP) is 8.54. The molecule has 3 aliphatic heterocycles. The first-order chi connectivity index (χ1) is 18.4. The molecule has 0 spiro atoms. The molecule has 0 aliphatic carbocycles. The maximum atomic E-state index is 6.25. The Labute approximate surface area is 252 Å². The van der Waals surface area contributed by atoms with Crippen molar-refractivity contribution in [2.24, 2.45) is 0 Å². The second kappa shape index (κ2) is 9.83. The third-order valence-electron chi connectivity index (χ3n) is 7.75. The number of ether oxygens (including phenoxy) is 2. The van der Waals surface area contributed by atoms with Gasteiger partial charge in [-0.1, -0.05) is 59.7 Å². The number of quaternary nitrogens is 2. The van der Waals surface area contributed by atoms with Crippen LogP contribution in [0.4, 0.5) is 17.1 Å². The van der Waals surface area contributed by atoms with Gasteiger partial charge in [-0.3, -0.25) is 0 Å². The van der Waals surface area contributed by atoms with E-state index in [4.69, 9.17) is 9.47 Å². The van der Waals surface area contributed by atoms with Crippen LogP contribution in [0, 0.1) is 18.8 Å². The summed E-state index contributed by atoms with van der Waals surface area (Å²) in [6, 6.07) is 29.5.